The Kier molecular flexibility index (Phi) is 5.58. The summed E-state index contributed by atoms with van der Waals surface area (Å²) in [6, 6.07) is 5.25. The lowest BCUT2D eigenvalue weighted by molar-refractivity contribution is -0.141. The second-order valence-corrected chi connectivity index (χ2v) is 7.81. The number of hydrogen-bond acceptors (Lipinski definition) is 5. The first-order valence-corrected chi connectivity index (χ1v) is 9.98. The lowest BCUT2D eigenvalue weighted by Crippen LogP contribution is -2.45. The number of carbonyl (C=O) groups excluding carboxylic acids is 2. The fraction of sp³-hybridized carbons (Fsp3) is 0.600. The minimum Gasteiger partial charge on any atom is -0.486 e. The summed E-state index contributed by atoms with van der Waals surface area (Å²) < 4.78 is 37.6. The molecule has 1 atom stereocenters. The molecule has 0 aromatic heterocycles. The van der Waals surface area contributed by atoms with E-state index < -0.39 is 5.92 Å². The van der Waals surface area contributed by atoms with Crippen molar-refractivity contribution in [2.45, 2.75) is 25.2 Å². The molecule has 0 radical (unpaired) electrons. The van der Waals surface area contributed by atoms with Gasteiger partial charge in [0.15, 0.2) is 11.5 Å². The monoisotopic (exact) mass is 409 g/mol. The van der Waals surface area contributed by atoms with Gasteiger partial charge in [0.1, 0.15) is 13.2 Å². The van der Waals surface area contributed by atoms with Crippen LogP contribution in [-0.2, 0) is 9.59 Å². The van der Waals surface area contributed by atoms with Gasteiger partial charge >= 0.3 is 0 Å². The second kappa shape index (κ2) is 8.14. The van der Waals surface area contributed by atoms with Gasteiger partial charge in [0.25, 0.3) is 5.92 Å². The average Bonchev–Trinajstić information content (AvgIpc) is 3.15. The number of likely N-dealkylation sites (tertiary alicyclic amines) is 2. The van der Waals surface area contributed by atoms with Crippen molar-refractivity contribution in [3.05, 3.63) is 18.2 Å². The van der Waals surface area contributed by atoms with Gasteiger partial charge in [-0.2, -0.15) is 0 Å². The quantitative estimate of drug-likeness (QED) is 0.824. The highest BCUT2D eigenvalue weighted by atomic mass is 19.3. The van der Waals surface area contributed by atoms with E-state index in [4.69, 9.17) is 9.47 Å². The topological polar surface area (TPSA) is 71.1 Å². The largest absolute Gasteiger partial charge is 0.486 e. The number of piperidine rings is 1. The number of ether oxygens (including phenoxy) is 2. The van der Waals surface area contributed by atoms with Gasteiger partial charge in [0, 0.05) is 44.2 Å². The third-order valence-corrected chi connectivity index (χ3v) is 5.62. The average molecular weight is 409 g/mol. The van der Waals surface area contributed by atoms with Gasteiger partial charge in [-0.3, -0.25) is 14.5 Å². The summed E-state index contributed by atoms with van der Waals surface area (Å²) in [5, 5.41) is 2.84. The molecule has 0 spiro atoms. The van der Waals surface area contributed by atoms with Crippen LogP contribution >= 0.6 is 0 Å². The first-order valence-electron chi connectivity index (χ1n) is 9.98. The van der Waals surface area contributed by atoms with Crippen LogP contribution in [0, 0.1) is 5.92 Å². The van der Waals surface area contributed by atoms with Crippen molar-refractivity contribution >= 4 is 17.5 Å². The number of hydrogen-bond donors (Lipinski definition) is 1. The molecular formula is C20H25F2N3O4. The van der Waals surface area contributed by atoms with Crippen molar-refractivity contribution in [1.29, 1.82) is 0 Å². The Labute approximate surface area is 167 Å². The van der Waals surface area contributed by atoms with E-state index in [0.717, 1.165) is 0 Å². The van der Waals surface area contributed by atoms with Crippen LogP contribution in [0.5, 0.6) is 11.5 Å². The Balaban J connectivity index is 1.25. The van der Waals surface area contributed by atoms with Gasteiger partial charge in [-0.25, -0.2) is 8.78 Å². The molecule has 3 heterocycles. The minimum atomic E-state index is -2.66. The van der Waals surface area contributed by atoms with Crippen molar-refractivity contribution in [1.82, 2.24) is 9.80 Å². The molecule has 158 valence electrons. The standard InChI is InChI=1S/C20H25F2N3O4/c21-20(22)4-7-25(8-5-20)19(27)14-3-6-24(12-14)13-18(26)23-15-1-2-16-17(11-15)29-10-9-28-16/h1-2,11,14H,3-10,12-13H2,(H,23,26). The molecule has 1 aromatic carbocycles. The van der Waals surface area contributed by atoms with Crippen molar-refractivity contribution < 1.29 is 27.8 Å². The maximum Gasteiger partial charge on any atom is 0.251 e. The van der Waals surface area contributed by atoms with Crippen LogP contribution in [0.4, 0.5) is 14.5 Å². The Bertz CT molecular complexity index is 779. The van der Waals surface area contributed by atoms with E-state index in [9.17, 15) is 18.4 Å². The van der Waals surface area contributed by atoms with Gasteiger partial charge in [-0.05, 0) is 25.1 Å². The maximum atomic E-state index is 13.3. The summed E-state index contributed by atoms with van der Waals surface area (Å²) >= 11 is 0. The van der Waals surface area contributed by atoms with Crippen LogP contribution in [-0.4, -0.2) is 73.5 Å². The Morgan fingerprint density at radius 1 is 1.10 bits per heavy atom. The molecule has 0 aliphatic carbocycles. The van der Waals surface area contributed by atoms with E-state index in [-0.39, 0.29) is 50.2 Å². The van der Waals surface area contributed by atoms with E-state index in [0.29, 0.717) is 49.9 Å². The molecular weight excluding hydrogens is 384 g/mol. The number of carbonyl (C=O) groups is 2. The number of alkyl halides is 2. The fourth-order valence-corrected chi connectivity index (χ4v) is 4.02. The van der Waals surface area contributed by atoms with Crippen LogP contribution in [0.2, 0.25) is 0 Å². The zero-order chi connectivity index (χ0) is 20.4. The predicted molar refractivity (Wildman–Crippen MR) is 101 cm³/mol. The second-order valence-electron chi connectivity index (χ2n) is 7.81. The number of benzene rings is 1. The van der Waals surface area contributed by atoms with E-state index in [1.54, 1.807) is 23.1 Å². The molecule has 0 bridgehead atoms. The number of anilines is 1. The number of amides is 2. The summed E-state index contributed by atoms with van der Waals surface area (Å²) in [5.74, 6) is -1.88. The lowest BCUT2D eigenvalue weighted by atomic mass is 10.0. The smallest absolute Gasteiger partial charge is 0.251 e. The zero-order valence-corrected chi connectivity index (χ0v) is 16.2. The van der Waals surface area contributed by atoms with Crippen LogP contribution in [0.15, 0.2) is 18.2 Å². The van der Waals surface area contributed by atoms with Crippen LogP contribution in [0.25, 0.3) is 0 Å². The fourth-order valence-electron chi connectivity index (χ4n) is 4.02. The van der Waals surface area contributed by atoms with Crippen molar-refractivity contribution in [3.8, 4) is 11.5 Å². The highest BCUT2D eigenvalue weighted by Gasteiger charge is 2.38. The minimum absolute atomic E-state index is 0.0738. The van der Waals surface area contributed by atoms with Gasteiger partial charge in [-0.1, -0.05) is 0 Å². The summed E-state index contributed by atoms with van der Waals surface area (Å²) in [4.78, 5) is 28.4. The van der Waals surface area contributed by atoms with Crippen LogP contribution < -0.4 is 14.8 Å². The molecule has 2 saturated heterocycles. The predicted octanol–water partition coefficient (Wildman–Crippen LogP) is 1.98. The van der Waals surface area contributed by atoms with Crippen molar-refractivity contribution in [2.75, 3.05) is 51.3 Å². The summed E-state index contributed by atoms with van der Waals surface area (Å²) in [7, 11) is 0. The highest BCUT2D eigenvalue weighted by molar-refractivity contribution is 5.92. The van der Waals surface area contributed by atoms with Gasteiger partial charge in [-0.15, -0.1) is 0 Å². The van der Waals surface area contributed by atoms with Crippen molar-refractivity contribution in [2.24, 2.45) is 5.92 Å². The number of rotatable bonds is 4. The molecule has 3 aliphatic rings. The van der Waals surface area contributed by atoms with E-state index in [1.165, 1.54) is 0 Å². The lowest BCUT2D eigenvalue weighted by Gasteiger charge is -2.33. The summed E-state index contributed by atoms with van der Waals surface area (Å²) in [6.07, 6.45) is 0.100. The first-order chi connectivity index (χ1) is 13.9. The SMILES string of the molecule is O=C(CN1CCC(C(=O)N2CCC(F)(F)CC2)C1)Nc1ccc2c(c1)OCCO2. The molecule has 1 unspecified atom stereocenters. The zero-order valence-electron chi connectivity index (χ0n) is 16.2. The van der Waals surface area contributed by atoms with Gasteiger partial charge in [0.2, 0.25) is 11.8 Å². The number of nitrogens with one attached hydrogen (secondary N) is 1. The third kappa shape index (κ3) is 4.77. The summed E-state index contributed by atoms with van der Waals surface area (Å²) in [6.45, 7) is 2.47. The molecule has 1 N–H and O–H groups in total. The number of halogens is 2. The molecule has 0 saturated carbocycles. The molecule has 9 heteroatoms. The highest BCUT2D eigenvalue weighted by Crippen LogP contribution is 2.33. The van der Waals surface area contributed by atoms with Gasteiger partial charge in [0.05, 0.1) is 12.5 Å². The third-order valence-electron chi connectivity index (χ3n) is 5.62. The Morgan fingerprint density at radius 3 is 2.59 bits per heavy atom. The normalized spacial score (nSPS) is 23.7. The Hall–Kier alpha value is -2.42. The number of nitrogens with zero attached hydrogens (tertiary/aromatic N) is 2. The van der Waals surface area contributed by atoms with E-state index in [2.05, 4.69) is 5.32 Å². The summed E-state index contributed by atoms with van der Waals surface area (Å²) in [5.41, 5.74) is 0.625. The van der Waals surface area contributed by atoms with Crippen molar-refractivity contribution in [3.63, 3.8) is 0 Å². The molecule has 4 rings (SSSR count). The first kappa shape index (κ1) is 19.9. The van der Waals surface area contributed by atoms with Crippen LogP contribution in [0.1, 0.15) is 19.3 Å². The maximum absolute atomic E-state index is 13.3. The molecule has 2 fully saturated rings. The van der Waals surface area contributed by atoms with E-state index in [1.807, 2.05) is 4.90 Å². The Morgan fingerprint density at radius 2 is 1.83 bits per heavy atom. The molecule has 2 amide bonds. The van der Waals surface area contributed by atoms with E-state index >= 15 is 0 Å². The van der Waals surface area contributed by atoms with Gasteiger partial charge < -0.3 is 19.7 Å². The molecule has 1 aromatic rings. The molecule has 7 nitrogen and oxygen atoms in total. The molecule has 29 heavy (non-hydrogen) atoms. The van der Waals surface area contributed by atoms with Crippen LogP contribution in [0.3, 0.4) is 0 Å². The molecule has 3 aliphatic heterocycles. The number of fused-ring (bicyclic) bond motifs is 1.